The lowest BCUT2D eigenvalue weighted by molar-refractivity contribution is 0.0696. The summed E-state index contributed by atoms with van der Waals surface area (Å²) in [7, 11) is 0. The Bertz CT molecular complexity index is 563. The molecule has 0 atom stereocenters. The van der Waals surface area contributed by atoms with Crippen LogP contribution in [-0.4, -0.2) is 20.9 Å². The van der Waals surface area contributed by atoms with Crippen LogP contribution >= 0.6 is 0 Å². The van der Waals surface area contributed by atoms with Crippen molar-refractivity contribution in [3.8, 4) is 11.3 Å². The average Bonchev–Trinajstić information content (AvgIpc) is 2.76. The summed E-state index contributed by atoms with van der Waals surface area (Å²) < 4.78 is 15.4. The molecule has 17 heavy (non-hydrogen) atoms. The molecule has 0 aliphatic carbocycles. The summed E-state index contributed by atoms with van der Waals surface area (Å²) >= 11 is 0. The predicted octanol–water partition coefficient (Wildman–Crippen LogP) is 2.41. The zero-order valence-corrected chi connectivity index (χ0v) is 9.22. The number of carboxylic acid groups (broad SMARTS) is 1. The number of aromatic nitrogens is 2. The Kier molecular flexibility index (Phi) is 2.91. The lowest BCUT2D eigenvalue weighted by Gasteiger charge is -2.06. The molecule has 1 heterocycles. The Balaban J connectivity index is 2.50. The molecule has 0 radical (unpaired) electrons. The second kappa shape index (κ2) is 4.37. The third-order valence-electron chi connectivity index (χ3n) is 2.51. The number of aromatic carboxylic acids is 1. The zero-order chi connectivity index (χ0) is 12.4. The van der Waals surface area contributed by atoms with Gasteiger partial charge in [-0.15, -0.1) is 0 Å². The van der Waals surface area contributed by atoms with Gasteiger partial charge in [0.05, 0.1) is 11.3 Å². The van der Waals surface area contributed by atoms with E-state index in [4.69, 9.17) is 5.11 Å². The summed E-state index contributed by atoms with van der Waals surface area (Å²) in [6, 6.07) is 5.56. The van der Waals surface area contributed by atoms with Crippen molar-refractivity contribution in [2.45, 2.75) is 13.5 Å². The first-order chi connectivity index (χ1) is 8.13. The third-order valence-corrected chi connectivity index (χ3v) is 2.51. The number of hydrogen-bond donors (Lipinski definition) is 1. The molecular weight excluding hydrogens is 223 g/mol. The molecule has 1 aromatic carbocycles. The summed E-state index contributed by atoms with van der Waals surface area (Å²) in [6.07, 6.45) is 1.59. The smallest absolute Gasteiger partial charge is 0.335 e. The van der Waals surface area contributed by atoms with Crippen molar-refractivity contribution in [1.29, 1.82) is 0 Å². The van der Waals surface area contributed by atoms with E-state index in [-0.39, 0.29) is 5.56 Å². The fraction of sp³-hybridized carbons (Fsp3) is 0.167. The molecule has 88 valence electrons. The Labute approximate surface area is 97.3 Å². The van der Waals surface area contributed by atoms with Crippen molar-refractivity contribution in [3.63, 3.8) is 0 Å². The number of rotatable bonds is 3. The number of aryl methyl sites for hydroxylation is 1. The molecule has 5 heteroatoms. The Morgan fingerprint density at radius 1 is 1.47 bits per heavy atom. The Hall–Kier alpha value is -2.17. The summed E-state index contributed by atoms with van der Waals surface area (Å²) in [5.41, 5.74) is 0.935. The molecule has 0 fully saturated rings. The summed E-state index contributed by atoms with van der Waals surface area (Å²) in [6.45, 7) is 2.53. The molecule has 0 bridgehead atoms. The van der Waals surface area contributed by atoms with Crippen LogP contribution < -0.4 is 0 Å². The van der Waals surface area contributed by atoms with Crippen molar-refractivity contribution in [1.82, 2.24) is 9.78 Å². The molecule has 0 aliphatic heterocycles. The molecule has 0 spiro atoms. The summed E-state index contributed by atoms with van der Waals surface area (Å²) in [4.78, 5) is 10.7. The van der Waals surface area contributed by atoms with E-state index in [1.54, 1.807) is 16.9 Å². The number of hydrogen-bond acceptors (Lipinski definition) is 2. The highest BCUT2D eigenvalue weighted by molar-refractivity contribution is 5.88. The van der Waals surface area contributed by atoms with E-state index < -0.39 is 11.8 Å². The van der Waals surface area contributed by atoms with Crippen LogP contribution in [0.15, 0.2) is 30.5 Å². The molecule has 0 unspecified atom stereocenters. The van der Waals surface area contributed by atoms with E-state index >= 15 is 0 Å². The standard InChI is InChI=1S/C12H11FN2O2/c1-2-15-11(5-6-14-15)9-4-3-8(12(16)17)7-10(9)13/h3-7H,2H2,1H3,(H,16,17). The lowest BCUT2D eigenvalue weighted by atomic mass is 10.1. The summed E-state index contributed by atoms with van der Waals surface area (Å²) in [5.74, 6) is -1.69. The average molecular weight is 234 g/mol. The number of carboxylic acids is 1. The normalized spacial score (nSPS) is 10.5. The van der Waals surface area contributed by atoms with Crippen LogP contribution in [0.4, 0.5) is 4.39 Å². The van der Waals surface area contributed by atoms with Gasteiger partial charge in [-0.3, -0.25) is 4.68 Å². The highest BCUT2D eigenvalue weighted by atomic mass is 19.1. The van der Waals surface area contributed by atoms with E-state index in [0.29, 0.717) is 17.8 Å². The highest BCUT2D eigenvalue weighted by Crippen LogP contribution is 2.23. The number of nitrogens with zero attached hydrogens (tertiary/aromatic N) is 2. The van der Waals surface area contributed by atoms with Gasteiger partial charge in [0, 0.05) is 18.3 Å². The first-order valence-electron chi connectivity index (χ1n) is 5.18. The Morgan fingerprint density at radius 3 is 2.82 bits per heavy atom. The molecule has 1 aromatic heterocycles. The van der Waals surface area contributed by atoms with Crippen molar-refractivity contribution in [3.05, 3.63) is 41.8 Å². The van der Waals surface area contributed by atoms with Gasteiger partial charge in [-0.05, 0) is 31.2 Å². The molecule has 4 nitrogen and oxygen atoms in total. The minimum absolute atomic E-state index is 0.0613. The number of halogens is 1. The predicted molar refractivity (Wildman–Crippen MR) is 60.3 cm³/mol. The fourth-order valence-electron chi connectivity index (χ4n) is 1.67. The van der Waals surface area contributed by atoms with E-state index in [0.717, 1.165) is 6.07 Å². The van der Waals surface area contributed by atoms with Gasteiger partial charge in [0.2, 0.25) is 0 Å². The summed E-state index contributed by atoms with van der Waals surface area (Å²) in [5, 5.41) is 12.8. The van der Waals surface area contributed by atoms with Crippen molar-refractivity contribution >= 4 is 5.97 Å². The van der Waals surface area contributed by atoms with Crippen molar-refractivity contribution in [2.24, 2.45) is 0 Å². The molecule has 0 amide bonds. The van der Waals surface area contributed by atoms with E-state index in [9.17, 15) is 9.18 Å². The Morgan fingerprint density at radius 2 is 2.24 bits per heavy atom. The van der Waals surface area contributed by atoms with Crippen LogP contribution in [-0.2, 0) is 6.54 Å². The van der Waals surface area contributed by atoms with E-state index in [1.165, 1.54) is 12.1 Å². The molecular formula is C12H11FN2O2. The number of carbonyl (C=O) groups is 1. The van der Waals surface area contributed by atoms with Gasteiger partial charge in [0.15, 0.2) is 0 Å². The fourth-order valence-corrected chi connectivity index (χ4v) is 1.67. The minimum atomic E-state index is -1.14. The van der Waals surface area contributed by atoms with E-state index in [1.807, 2.05) is 6.92 Å². The molecule has 0 aliphatic rings. The van der Waals surface area contributed by atoms with Crippen molar-refractivity contribution in [2.75, 3.05) is 0 Å². The van der Waals surface area contributed by atoms with Crippen molar-refractivity contribution < 1.29 is 14.3 Å². The van der Waals surface area contributed by atoms with Crippen LogP contribution in [0.5, 0.6) is 0 Å². The lowest BCUT2D eigenvalue weighted by Crippen LogP contribution is -2.02. The maximum absolute atomic E-state index is 13.8. The SMILES string of the molecule is CCn1nccc1-c1ccc(C(=O)O)cc1F. The first-order valence-corrected chi connectivity index (χ1v) is 5.18. The van der Waals surface area contributed by atoms with E-state index in [2.05, 4.69) is 5.10 Å². The van der Waals surface area contributed by atoms with Gasteiger partial charge in [0.1, 0.15) is 5.82 Å². The molecule has 1 N–H and O–H groups in total. The molecule has 2 rings (SSSR count). The first kappa shape index (κ1) is 11.3. The van der Waals surface area contributed by atoms with Crippen LogP contribution in [0.3, 0.4) is 0 Å². The van der Waals surface area contributed by atoms with Crippen LogP contribution in [0.1, 0.15) is 17.3 Å². The van der Waals surface area contributed by atoms with Gasteiger partial charge in [0.25, 0.3) is 0 Å². The van der Waals surface area contributed by atoms with Gasteiger partial charge < -0.3 is 5.11 Å². The van der Waals surface area contributed by atoms with Crippen LogP contribution in [0.2, 0.25) is 0 Å². The van der Waals surface area contributed by atoms with Gasteiger partial charge in [-0.1, -0.05) is 0 Å². The second-order valence-electron chi connectivity index (χ2n) is 3.53. The second-order valence-corrected chi connectivity index (χ2v) is 3.53. The molecule has 0 saturated heterocycles. The molecule has 0 saturated carbocycles. The zero-order valence-electron chi connectivity index (χ0n) is 9.22. The minimum Gasteiger partial charge on any atom is -0.478 e. The third kappa shape index (κ3) is 2.04. The van der Waals surface area contributed by atoms with Gasteiger partial charge in [-0.2, -0.15) is 5.10 Å². The quantitative estimate of drug-likeness (QED) is 0.887. The van der Waals surface area contributed by atoms with Gasteiger partial charge >= 0.3 is 5.97 Å². The molecule has 2 aromatic rings. The maximum atomic E-state index is 13.8. The van der Waals surface area contributed by atoms with Crippen LogP contribution in [0, 0.1) is 5.82 Å². The largest absolute Gasteiger partial charge is 0.478 e. The number of benzene rings is 1. The maximum Gasteiger partial charge on any atom is 0.335 e. The van der Waals surface area contributed by atoms with Crippen LogP contribution in [0.25, 0.3) is 11.3 Å². The topological polar surface area (TPSA) is 55.1 Å². The highest BCUT2D eigenvalue weighted by Gasteiger charge is 2.12. The monoisotopic (exact) mass is 234 g/mol. The van der Waals surface area contributed by atoms with Gasteiger partial charge in [-0.25, -0.2) is 9.18 Å².